The number of aryl methyl sites for hydroxylation is 1. The topological polar surface area (TPSA) is 76.1 Å². The Balaban J connectivity index is 2.31. The van der Waals surface area contributed by atoms with E-state index < -0.39 is 11.7 Å². The number of hydrogen-bond acceptors (Lipinski definition) is 5. The quantitative estimate of drug-likeness (QED) is 0.645. The fraction of sp³-hybridized carbons (Fsp3) is 0.643. The van der Waals surface area contributed by atoms with E-state index in [2.05, 4.69) is 20.6 Å². The highest BCUT2D eigenvalue weighted by atomic mass is 35.5. The van der Waals surface area contributed by atoms with Crippen LogP contribution in [0, 0.1) is 13.8 Å². The molecule has 0 saturated carbocycles. The van der Waals surface area contributed by atoms with Gasteiger partial charge < -0.3 is 15.4 Å². The van der Waals surface area contributed by atoms with E-state index in [1.807, 2.05) is 34.6 Å². The molecule has 7 heteroatoms. The number of carbonyl (C=O) groups is 1. The van der Waals surface area contributed by atoms with Crippen molar-refractivity contribution in [3.05, 3.63) is 16.5 Å². The van der Waals surface area contributed by atoms with Crippen molar-refractivity contribution in [2.45, 2.75) is 46.6 Å². The Bertz CT molecular complexity index is 500. The lowest BCUT2D eigenvalue weighted by Crippen LogP contribution is -2.33. The minimum atomic E-state index is -0.478. The van der Waals surface area contributed by atoms with Crippen molar-refractivity contribution in [2.75, 3.05) is 18.4 Å². The minimum absolute atomic E-state index is 0.229. The molecule has 0 spiro atoms. The molecule has 0 aliphatic heterocycles. The van der Waals surface area contributed by atoms with Crippen molar-refractivity contribution in [2.24, 2.45) is 0 Å². The molecule has 6 nitrogen and oxygen atoms in total. The molecule has 1 amide bonds. The first-order valence-corrected chi connectivity index (χ1v) is 7.28. The second-order valence-electron chi connectivity index (χ2n) is 5.76. The van der Waals surface area contributed by atoms with E-state index in [1.54, 1.807) is 0 Å². The average Bonchev–Trinajstić information content (AvgIpc) is 2.32. The van der Waals surface area contributed by atoms with Gasteiger partial charge in [0.2, 0.25) is 5.28 Å². The first kappa shape index (κ1) is 17.5. The van der Waals surface area contributed by atoms with Gasteiger partial charge in [-0.15, -0.1) is 0 Å². The highest BCUT2D eigenvalue weighted by Crippen LogP contribution is 2.16. The van der Waals surface area contributed by atoms with Gasteiger partial charge in [0, 0.05) is 24.3 Å². The summed E-state index contributed by atoms with van der Waals surface area (Å²) in [5.74, 6) is 0.727. The van der Waals surface area contributed by atoms with Crippen LogP contribution in [-0.4, -0.2) is 34.8 Å². The maximum atomic E-state index is 11.4. The first-order valence-electron chi connectivity index (χ1n) is 6.90. The molecular formula is C14H23ClN4O2. The molecule has 1 rings (SSSR count). The van der Waals surface area contributed by atoms with E-state index in [0.717, 1.165) is 23.5 Å². The second-order valence-corrected chi connectivity index (χ2v) is 6.10. The standard InChI is InChI=1S/C14H23ClN4O2/c1-9-10(2)18-12(15)19-11(9)16-7-6-8-17-13(20)21-14(3,4)5/h6-8H2,1-5H3,(H,17,20)(H,16,18,19). The van der Waals surface area contributed by atoms with Gasteiger partial charge in [-0.05, 0) is 52.6 Å². The predicted octanol–water partition coefficient (Wildman–Crippen LogP) is 3.07. The molecule has 1 heterocycles. The zero-order valence-corrected chi connectivity index (χ0v) is 14.0. The summed E-state index contributed by atoms with van der Waals surface area (Å²) < 4.78 is 5.14. The van der Waals surface area contributed by atoms with Crippen LogP contribution in [0.25, 0.3) is 0 Å². The fourth-order valence-electron chi connectivity index (χ4n) is 1.57. The van der Waals surface area contributed by atoms with Crippen LogP contribution in [0.2, 0.25) is 5.28 Å². The number of carbonyl (C=O) groups excluding carboxylic acids is 1. The Morgan fingerprint density at radius 3 is 2.52 bits per heavy atom. The Morgan fingerprint density at radius 2 is 1.90 bits per heavy atom. The monoisotopic (exact) mass is 314 g/mol. The molecule has 0 aromatic carbocycles. The van der Waals surface area contributed by atoms with E-state index in [9.17, 15) is 4.79 Å². The lowest BCUT2D eigenvalue weighted by atomic mass is 10.2. The number of nitrogens with one attached hydrogen (secondary N) is 2. The van der Waals surface area contributed by atoms with Crippen molar-refractivity contribution in [3.63, 3.8) is 0 Å². The number of rotatable bonds is 5. The molecule has 2 N–H and O–H groups in total. The minimum Gasteiger partial charge on any atom is -0.444 e. The summed E-state index contributed by atoms with van der Waals surface area (Å²) >= 11 is 5.83. The number of anilines is 1. The third-order valence-electron chi connectivity index (χ3n) is 2.68. The Kier molecular flexibility index (Phi) is 6.20. The largest absolute Gasteiger partial charge is 0.444 e. The summed E-state index contributed by atoms with van der Waals surface area (Å²) in [5.41, 5.74) is 1.35. The Hall–Kier alpha value is -1.56. The van der Waals surface area contributed by atoms with E-state index in [0.29, 0.717) is 13.1 Å². The van der Waals surface area contributed by atoms with Crippen LogP contribution in [0.15, 0.2) is 0 Å². The van der Waals surface area contributed by atoms with Gasteiger partial charge in [0.05, 0.1) is 0 Å². The van der Waals surface area contributed by atoms with E-state index >= 15 is 0 Å². The van der Waals surface area contributed by atoms with Crippen molar-refractivity contribution in [1.82, 2.24) is 15.3 Å². The van der Waals surface area contributed by atoms with Crippen LogP contribution in [0.5, 0.6) is 0 Å². The Morgan fingerprint density at radius 1 is 1.24 bits per heavy atom. The molecule has 21 heavy (non-hydrogen) atoms. The molecule has 0 aliphatic rings. The zero-order valence-electron chi connectivity index (χ0n) is 13.2. The molecule has 0 radical (unpaired) electrons. The van der Waals surface area contributed by atoms with Crippen LogP contribution in [0.3, 0.4) is 0 Å². The second kappa shape index (κ2) is 7.45. The number of ether oxygens (including phenoxy) is 1. The van der Waals surface area contributed by atoms with Crippen LogP contribution in [0.1, 0.15) is 38.4 Å². The molecule has 0 bridgehead atoms. The van der Waals surface area contributed by atoms with E-state index in [4.69, 9.17) is 16.3 Å². The number of nitrogens with zero attached hydrogens (tertiary/aromatic N) is 2. The van der Waals surface area contributed by atoms with Crippen molar-refractivity contribution in [3.8, 4) is 0 Å². The number of aromatic nitrogens is 2. The van der Waals surface area contributed by atoms with Gasteiger partial charge in [0.1, 0.15) is 11.4 Å². The summed E-state index contributed by atoms with van der Waals surface area (Å²) in [5, 5.41) is 6.12. The average molecular weight is 315 g/mol. The summed E-state index contributed by atoms with van der Waals surface area (Å²) in [6.07, 6.45) is 0.346. The maximum Gasteiger partial charge on any atom is 0.407 e. The third-order valence-corrected chi connectivity index (χ3v) is 2.85. The van der Waals surface area contributed by atoms with E-state index in [1.165, 1.54) is 0 Å². The van der Waals surface area contributed by atoms with E-state index in [-0.39, 0.29) is 5.28 Å². The van der Waals surface area contributed by atoms with Crippen LogP contribution >= 0.6 is 11.6 Å². The summed E-state index contributed by atoms with van der Waals surface area (Å²) in [6, 6.07) is 0. The fourth-order valence-corrected chi connectivity index (χ4v) is 1.78. The van der Waals surface area contributed by atoms with Gasteiger partial charge in [-0.2, -0.15) is 0 Å². The lowest BCUT2D eigenvalue weighted by molar-refractivity contribution is 0.0528. The molecule has 0 fully saturated rings. The molecule has 0 atom stereocenters. The summed E-state index contributed by atoms with van der Waals surface area (Å²) in [6.45, 7) is 10.5. The van der Waals surface area contributed by atoms with Crippen LogP contribution in [-0.2, 0) is 4.74 Å². The maximum absolute atomic E-state index is 11.4. The Labute approximate surface area is 130 Å². The molecule has 118 valence electrons. The highest BCUT2D eigenvalue weighted by molar-refractivity contribution is 6.28. The normalized spacial score (nSPS) is 11.1. The number of halogens is 1. The molecule has 1 aromatic rings. The SMILES string of the molecule is Cc1nc(Cl)nc(NCCCNC(=O)OC(C)(C)C)c1C. The number of amides is 1. The molecule has 0 unspecified atom stereocenters. The predicted molar refractivity (Wildman–Crippen MR) is 83.9 cm³/mol. The van der Waals surface area contributed by atoms with Gasteiger partial charge >= 0.3 is 6.09 Å². The van der Waals surface area contributed by atoms with Crippen molar-refractivity contribution in [1.29, 1.82) is 0 Å². The molecular weight excluding hydrogens is 292 g/mol. The number of alkyl carbamates (subject to hydrolysis) is 1. The molecule has 0 saturated heterocycles. The van der Waals surface area contributed by atoms with Crippen molar-refractivity contribution < 1.29 is 9.53 Å². The molecule has 1 aromatic heterocycles. The summed E-state index contributed by atoms with van der Waals surface area (Å²) in [4.78, 5) is 19.7. The summed E-state index contributed by atoms with van der Waals surface area (Å²) in [7, 11) is 0. The van der Waals surface area contributed by atoms with Gasteiger partial charge in [-0.25, -0.2) is 14.8 Å². The smallest absolute Gasteiger partial charge is 0.407 e. The van der Waals surface area contributed by atoms with Crippen molar-refractivity contribution >= 4 is 23.5 Å². The third kappa shape index (κ3) is 6.62. The first-order chi connectivity index (χ1) is 9.69. The lowest BCUT2D eigenvalue weighted by Gasteiger charge is -2.19. The molecule has 0 aliphatic carbocycles. The van der Waals surface area contributed by atoms with Gasteiger partial charge in [-0.3, -0.25) is 0 Å². The van der Waals surface area contributed by atoms with Gasteiger partial charge in [0.25, 0.3) is 0 Å². The van der Waals surface area contributed by atoms with Crippen LogP contribution in [0.4, 0.5) is 10.6 Å². The van der Waals surface area contributed by atoms with Gasteiger partial charge in [0.15, 0.2) is 0 Å². The van der Waals surface area contributed by atoms with Crippen LogP contribution < -0.4 is 10.6 Å². The zero-order chi connectivity index (χ0) is 16.0. The number of hydrogen-bond donors (Lipinski definition) is 2. The van der Waals surface area contributed by atoms with Gasteiger partial charge in [-0.1, -0.05) is 0 Å². The highest BCUT2D eigenvalue weighted by Gasteiger charge is 2.15.